The summed E-state index contributed by atoms with van der Waals surface area (Å²) >= 11 is 0. The molecule has 1 fully saturated rings. The summed E-state index contributed by atoms with van der Waals surface area (Å²) in [7, 11) is 1.60. The van der Waals surface area contributed by atoms with E-state index in [0.717, 1.165) is 12.0 Å². The van der Waals surface area contributed by atoms with E-state index in [1.807, 2.05) is 39.0 Å². The molecule has 1 aliphatic rings. The van der Waals surface area contributed by atoms with Crippen LogP contribution >= 0.6 is 0 Å². The Hall–Kier alpha value is -1.71. The quantitative estimate of drug-likeness (QED) is 0.867. The van der Waals surface area contributed by atoms with Crippen molar-refractivity contribution in [2.75, 3.05) is 13.7 Å². The van der Waals surface area contributed by atoms with Crippen LogP contribution in [0.25, 0.3) is 0 Å². The first-order chi connectivity index (χ1) is 9.43. The highest BCUT2D eigenvalue weighted by Gasteiger charge is 2.62. The predicted molar refractivity (Wildman–Crippen MR) is 76.4 cm³/mol. The van der Waals surface area contributed by atoms with Gasteiger partial charge in [-0.2, -0.15) is 0 Å². The van der Waals surface area contributed by atoms with Crippen LogP contribution in [0.1, 0.15) is 38.7 Å². The van der Waals surface area contributed by atoms with Crippen molar-refractivity contribution in [2.45, 2.75) is 33.1 Å². The molecule has 1 N–H and O–H groups in total. The summed E-state index contributed by atoms with van der Waals surface area (Å²) in [6.45, 7) is 6.67. The van der Waals surface area contributed by atoms with Gasteiger partial charge in [-0.25, -0.2) is 0 Å². The van der Waals surface area contributed by atoms with Crippen LogP contribution in [0.4, 0.5) is 0 Å². The Bertz CT molecular complexity index is 507. The van der Waals surface area contributed by atoms with Crippen LogP contribution in [0, 0.1) is 11.3 Å². The van der Waals surface area contributed by atoms with E-state index in [4.69, 9.17) is 9.47 Å². The fourth-order valence-corrected chi connectivity index (χ4v) is 2.93. The van der Waals surface area contributed by atoms with Crippen molar-refractivity contribution >= 4 is 5.97 Å². The molecule has 4 heteroatoms. The molecule has 0 radical (unpaired) electrons. The minimum atomic E-state index is -0.731. The highest BCUT2D eigenvalue weighted by atomic mass is 16.5. The second-order valence-corrected chi connectivity index (χ2v) is 5.87. The van der Waals surface area contributed by atoms with Crippen LogP contribution in [0.2, 0.25) is 0 Å². The lowest BCUT2D eigenvalue weighted by molar-refractivity contribution is -0.139. The molecule has 1 aromatic rings. The molecule has 4 nitrogen and oxygen atoms in total. The number of ether oxygens (including phenoxy) is 2. The zero-order valence-corrected chi connectivity index (χ0v) is 12.5. The van der Waals surface area contributed by atoms with E-state index in [2.05, 4.69) is 0 Å². The maximum atomic E-state index is 11.3. The Morgan fingerprint density at radius 1 is 1.35 bits per heavy atom. The molecule has 0 aliphatic heterocycles. The van der Waals surface area contributed by atoms with Crippen molar-refractivity contribution in [3.63, 3.8) is 0 Å². The van der Waals surface area contributed by atoms with Gasteiger partial charge < -0.3 is 14.6 Å². The minimum absolute atomic E-state index is 0.0362. The van der Waals surface area contributed by atoms with Crippen molar-refractivity contribution in [1.82, 2.24) is 0 Å². The first kappa shape index (κ1) is 14.7. The van der Waals surface area contributed by atoms with Gasteiger partial charge in [0.1, 0.15) is 0 Å². The Balaban J connectivity index is 2.25. The smallest absolute Gasteiger partial charge is 0.307 e. The Kier molecular flexibility index (Phi) is 3.93. The highest BCUT2D eigenvalue weighted by molar-refractivity contribution is 5.77. The van der Waals surface area contributed by atoms with E-state index in [1.165, 1.54) is 0 Å². The van der Waals surface area contributed by atoms with Crippen molar-refractivity contribution in [3.05, 3.63) is 23.8 Å². The Labute approximate surface area is 119 Å². The number of carboxylic acids is 1. The normalized spacial score (nSPS) is 23.2. The maximum Gasteiger partial charge on any atom is 0.307 e. The number of hydrogen-bond acceptors (Lipinski definition) is 3. The van der Waals surface area contributed by atoms with Crippen LogP contribution in [-0.2, 0) is 4.79 Å². The molecular formula is C16H22O4. The van der Waals surface area contributed by atoms with Crippen molar-refractivity contribution < 1.29 is 19.4 Å². The number of aliphatic carboxylic acids is 1. The molecule has 0 bridgehead atoms. The van der Waals surface area contributed by atoms with E-state index in [-0.39, 0.29) is 17.3 Å². The van der Waals surface area contributed by atoms with Gasteiger partial charge in [0.15, 0.2) is 11.5 Å². The molecular weight excluding hydrogens is 256 g/mol. The molecule has 0 heterocycles. The molecule has 2 unspecified atom stereocenters. The van der Waals surface area contributed by atoms with Gasteiger partial charge in [-0.1, -0.05) is 26.8 Å². The van der Waals surface area contributed by atoms with Gasteiger partial charge in [-0.15, -0.1) is 0 Å². The van der Waals surface area contributed by atoms with E-state index >= 15 is 0 Å². The number of rotatable bonds is 6. The van der Waals surface area contributed by atoms with Crippen LogP contribution < -0.4 is 9.47 Å². The highest BCUT2D eigenvalue weighted by Crippen LogP contribution is 2.64. The van der Waals surface area contributed by atoms with Gasteiger partial charge in [0.25, 0.3) is 0 Å². The maximum absolute atomic E-state index is 11.3. The first-order valence-electron chi connectivity index (χ1n) is 6.97. The molecule has 0 amide bonds. The number of carbonyl (C=O) groups is 1. The molecule has 0 aromatic heterocycles. The van der Waals surface area contributed by atoms with Crippen LogP contribution in [-0.4, -0.2) is 24.8 Å². The minimum Gasteiger partial charge on any atom is -0.493 e. The molecule has 2 atom stereocenters. The van der Waals surface area contributed by atoms with Gasteiger partial charge in [0.2, 0.25) is 0 Å². The topological polar surface area (TPSA) is 55.8 Å². The summed E-state index contributed by atoms with van der Waals surface area (Å²) in [4.78, 5) is 11.3. The molecule has 0 saturated heterocycles. The fraction of sp³-hybridized carbons (Fsp3) is 0.562. The summed E-state index contributed by atoms with van der Waals surface area (Å²) in [5.74, 6) is 0.361. The number of methoxy groups -OCH3 is 1. The second-order valence-electron chi connectivity index (χ2n) is 5.87. The molecule has 1 aliphatic carbocycles. The van der Waals surface area contributed by atoms with E-state index < -0.39 is 5.97 Å². The average molecular weight is 278 g/mol. The lowest BCUT2D eigenvalue weighted by Crippen LogP contribution is -2.03. The standard InChI is InChI=1S/C16H22O4/c1-5-8-20-11-7-6-10(9-12(11)19-4)13-14(15(17)18)16(13,2)3/h6-7,9,13-14H,5,8H2,1-4H3,(H,17,18). The van der Waals surface area contributed by atoms with Gasteiger partial charge in [0.05, 0.1) is 19.6 Å². The summed E-state index contributed by atoms with van der Waals surface area (Å²) in [5, 5.41) is 9.26. The third-order valence-electron chi connectivity index (χ3n) is 4.10. The van der Waals surface area contributed by atoms with E-state index in [1.54, 1.807) is 7.11 Å². The van der Waals surface area contributed by atoms with Crippen LogP contribution in [0.5, 0.6) is 11.5 Å². The van der Waals surface area contributed by atoms with Crippen LogP contribution in [0.3, 0.4) is 0 Å². The molecule has 1 aromatic carbocycles. The summed E-state index contributed by atoms with van der Waals surface area (Å²) in [6.07, 6.45) is 0.932. The van der Waals surface area contributed by atoms with E-state index in [9.17, 15) is 9.90 Å². The van der Waals surface area contributed by atoms with E-state index in [0.29, 0.717) is 18.1 Å². The van der Waals surface area contributed by atoms with Crippen LogP contribution in [0.15, 0.2) is 18.2 Å². The predicted octanol–water partition coefficient (Wildman–Crippen LogP) is 3.31. The van der Waals surface area contributed by atoms with Gasteiger partial charge in [-0.3, -0.25) is 4.79 Å². The molecule has 0 spiro atoms. The number of benzene rings is 1. The summed E-state index contributed by atoms with van der Waals surface area (Å²) < 4.78 is 11.0. The summed E-state index contributed by atoms with van der Waals surface area (Å²) in [5.41, 5.74) is 0.797. The zero-order valence-electron chi connectivity index (χ0n) is 12.5. The largest absolute Gasteiger partial charge is 0.493 e. The van der Waals surface area contributed by atoms with Crippen molar-refractivity contribution in [3.8, 4) is 11.5 Å². The number of hydrogen-bond donors (Lipinski definition) is 1. The fourth-order valence-electron chi connectivity index (χ4n) is 2.93. The first-order valence-corrected chi connectivity index (χ1v) is 6.97. The van der Waals surface area contributed by atoms with Crippen molar-refractivity contribution in [1.29, 1.82) is 0 Å². The van der Waals surface area contributed by atoms with Gasteiger partial charge in [-0.05, 0) is 29.5 Å². The molecule has 20 heavy (non-hydrogen) atoms. The third kappa shape index (κ3) is 2.47. The lowest BCUT2D eigenvalue weighted by atomic mass is 10.0. The van der Waals surface area contributed by atoms with Gasteiger partial charge in [0, 0.05) is 5.92 Å². The molecule has 2 rings (SSSR count). The average Bonchev–Trinajstić information content (AvgIpc) is 2.99. The monoisotopic (exact) mass is 278 g/mol. The third-order valence-corrected chi connectivity index (χ3v) is 4.10. The zero-order chi connectivity index (χ0) is 14.9. The Morgan fingerprint density at radius 3 is 2.55 bits per heavy atom. The second kappa shape index (κ2) is 5.35. The SMILES string of the molecule is CCCOc1ccc(C2C(C(=O)O)C2(C)C)cc1OC. The number of carboxylic acid groups (broad SMARTS) is 1. The summed E-state index contributed by atoms with van der Waals surface area (Å²) in [6, 6.07) is 5.72. The van der Waals surface area contributed by atoms with Gasteiger partial charge >= 0.3 is 5.97 Å². The Morgan fingerprint density at radius 2 is 2.05 bits per heavy atom. The lowest BCUT2D eigenvalue weighted by Gasteiger charge is -2.12. The molecule has 110 valence electrons. The van der Waals surface area contributed by atoms with Crippen molar-refractivity contribution in [2.24, 2.45) is 11.3 Å². The molecule has 1 saturated carbocycles.